The second kappa shape index (κ2) is 4.65. The van der Waals surface area contributed by atoms with Crippen LogP contribution in [-0.2, 0) is 7.05 Å². The standard InChI is InChI=1S/C9H14N4/c1-3-4-5-8(11-10)9-6-7-13(2)12-9/h6-8,11H,5,10H2,1-2H3. The molecule has 13 heavy (non-hydrogen) atoms. The van der Waals surface area contributed by atoms with Gasteiger partial charge in [0.1, 0.15) is 0 Å². The van der Waals surface area contributed by atoms with Gasteiger partial charge in [-0.2, -0.15) is 5.10 Å². The molecule has 1 aromatic heterocycles. The monoisotopic (exact) mass is 178 g/mol. The number of hydrazine groups is 1. The van der Waals surface area contributed by atoms with Crippen molar-refractivity contribution in [1.29, 1.82) is 0 Å². The van der Waals surface area contributed by atoms with E-state index in [0.717, 1.165) is 5.69 Å². The lowest BCUT2D eigenvalue weighted by Crippen LogP contribution is -2.28. The topological polar surface area (TPSA) is 55.9 Å². The van der Waals surface area contributed by atoms with Gasteiger partial charge in [0.15, 0.2) is 0 Å². The van der Waals surface area contributed by atoms with Crippen LogP contribution < -0.4 is 11.3 Å². The number of rotatable bonds is 3. The number of aryl methyl sites for hydroxylation is 1. The summed E-state index contributed by atoms with van der Waals surface area (Å²) in [6, 6.07) is 1.95. The first kappa shape index (κ1) is 9.78. The molecule has 1 aromatic rings. The van der Waals surface area contributed by atoms with Crippen LogP contribution in [0.25, 0.3) is 0 Å². The molecular formula is C9H14N4. The zero-order valence-corrected chi connectivity index (χ0v) is 7.91. The van der Waals surface area contributed by atoms with Crippen molar-refractivity contribution >= 4 is 0 Å². The summed E-state index contributed by atoms with van der Waals surface area (Å²) in [6.07, 6.45) is 2.57. The zero-order valence-electron chi connectivity index (χ0n) is 7.91. The van der Waals surface area contributed by atoms with Gasteiger partial charge in [0.05, 0.1) is 11.7 Å². The van der Waals surface area contributed by atoms with Crippen LogP contribution in [0.1, 0.15) is 25.1 Å². The minimum Gasteiger partial charge on any atom is -0.275 e. The molecule has 1 rings (SSSR count). The van der Waals surface area contributed by atoms with Gasteiger partial charge in [0.2, 0.25) is 0 Å². The summed E-state index contributed by atoms with van der Waals surface area (Å²) >= 11 is 0. The first-order chi connectivity index (χ1) is 6.27. The van der Waals surface area contributed by atoms with Crippen molar-refractivity contribution in [3.05, 3.63) is 18.0 Å². The summed E-state index contributed by atoms with van der Waals surface area (Å²) in [5, 5.41) is 4.24. The molecule has 3 N–H and O–H groups in total. The molecular weight excluding hydrogens is 164 g/mol. The van der Waals surface area contributed by atoms with Gasteiger partial charge in [0.25, 0.3) is 0 Å². The van der Waals surface area contributed by atoms with Crippen LogP contribution in [0.2, 0.25) is 0 Å². The number of hydrogen-bond donors (Lipinski definition) is 2. The Morgan fingerprint density at radius 3 is 3.00 bits per heavy atom. The van der Waals surface area contributed by atoms with Gasteiger partial charge in [-0.15, -0.1) is 11.8 Å². The molecule has 1 atom stereocenters. The van der Waals surface area contributed by atoms with Gasteiger partial charge >= 0.3 is 0 Å². The number of hydrogen-bond acceptors (Lipinski definition) is 3. The minimum atomic E-state index is 0.0219. The Morgan fingerprint density at radius 1 is 1.77 bits per heavy atom. The first-order valence-electron chi connectivity index (χ1n) is 4.13. The Bertz CT molecular complexity index is 318. The van der Waals surface area contributed by atoms with Crippen molar-refractivity contribution in [2.75, 3.05) is 0 Å². The second-order valence-electron chi connectivity index (χ2n) is 2.76. The lowest BCUT2D eigenvalue weighted by Gasteiger charge is -2.08. The molecule has 0 bridgehead atoms. The van der Waals surface area contributed by atoms with E-state index in [9.17, 15) is 0 Å². The van der Waals surface area contributed by atoms with Crippen molar-refractivity contribution in [2.45, 2.75) is 19.4 Å². The zero-order chi connectivity index (χ0) is 9.68. The molecule has 0 aliphatic rings. The number of nitrogens with one attached hydrogen (secondary N) is 1. The van der Waals surface area contributed by atoms with Crippen LogP contribution in [0.5, 0.6) is 0 Å². The third-order valence-corrected chi connectivity index (χ3v) is 1.78. The van der Waals surface area contributed by atoms with Gasteiger partial charge in [-0.1, -0.05) is 0 Å². The third-order valence-electron chi connectivity index (χ3n) is 1.78. The van der Waals surface area contributed by atoms with Gasteiger partial charge in [-0.05, 0) is 13.0 Å². The van der Waals surface area contributed by atoms with Crippen molar-refractivity contribution in [1.82, 2.24) is 15.2 Å². The molecule has 0 fully saturated rings. The second-order valence-corrected chi connectivity index (χ2v) is 2.76. The van der Waals surface area contributed by atoms with E-state index >= 15 is 0 Å². The van der Waals surface area contributed by atoms with E-state index in [1.807, 2.05) is 26.2 Å². The molecule has 1 heterocycles. The molecule has 70 valence electrons. The quantitative estimate of drug-likeness (QED) is 0.398. The third kappa shape index (κ3) is 2.58. The molecule has 4 nitrogen and oxygen atoms in total. The normalized spacial score (nSPS) is 11.9. The van der Waals surface area contributed by atoms with Gasteiger partial charge in [-0.25, -0.2) is 0 Å². The summed E-state index contributed by atoms with van der Waals surface area (Å²) in [4.78, 5) is 0. The van der Waals surface area contributed by atoms with Crippen molar-refractivity contribution < 1.29 is 0 Å². The molecule has 0 spiro atoms. The molecule has 0 aromatic carbocycles. The molecule has 0 aliphatic carbocycles. The summed E-state index contributed by atoms with van der Waals surface area (Å²) < 4.78 is 1.75. The highest BCUT2D eigenvalue weighted by Gasteiger charge is 2.10. The fourth-order valence-electron chi connectivity index (χ4n) is 1.07. The summed E-state index contributed by atoms with van der Waals surface area (Å²) in [7, 11) is 1.88. The van der Waals surface area contributed by atoms with Crippen molar-refractivity contribution in [3.63, 3.8) is 0 Å². The van der Waals surface area contributed by atoms with Crippen molar-refractivity contribution in [2.24, 2.45) is 12.9 Å². The lowest BCUT2D eigenvalue weighted by atomic mass is 10.1. The van der Waals surface area contributed by atoms with E-state index in [4.69, 9.17) is 5.84 Å². The average Bonchev–Trinajstić information content (AvgIpc) is 2.54. The van der Waals surface area contributed by atoms with E-state index < -0.39 is 0 Å². The molecule has 0 amide bonds. The summed E-state index contributed by atoms with van der Waals surface area (Å²) in [5.41, 5.74) is 3.61. The molecule has 0 saturated heterocycles. The van der Waals surface area contributed by atoms with Gasteiger partial charge in [-0.3, -0.25) is 16.0 Å². The predicted octanol–water partition coefficient (Wildman–Crippen LogP) is 0.338. The fourth-order valence-corrected chi connectivity index (χ4v) is 1.07. The van der Waals surface area contributed by atoms with E-state index in [-0.39, 0.29) is 6.04 Å². The Labute approximate surface area is 78.1 Å². The van der Waals surface area contributed by atoms with E-state index in [1.165, 1.54) is 0 Å². The number of nitrogens with zero attached hydrogens (tertiary/aromatic N) is 2. The van der Waals surface area contributed by atoms with E-state index in [2.05, 4.69) is 22.4 Å². The van der Waals surface area contributed by atoms with Gasteiger partial charge < -0.3 is 0 Å². The molecule has 4 heteroatoms. The highest BCUT2D eigenvalue weighted by Crippen LogP contribution is 2.11. The van der Waals surface area contributed by atoms with Crippen LogP contribution >= 0.6 is 0 Å². The predicted molar refractivity (Wildman–Crippen MR) is 51.3 cm³/mol. The minimum absolute atomic E-state index is 0.0219. The maximum atomic E-state index is 5.39. The van der Waals surface area contributed by atoms with Crippen LogP contribution in [0.4, 0.5) is 0 Å². The Hall–Kier alpha value is -1.31. The largest absolute Gasteiger partial charge is 0.275 e. The van der Waals surface area contributed by atoms with Crippen LogP contribution in [0.15, 0.2) is 12.3 Å². The summed E-state index contributed by atoms with van der Waals surface area (Å²) in [6.45, 7) is 1.81. The fraction of sp³-hybridized carbons (Fsp3) is 0.444. The van der Waals surface area contributed by atoms with Crippen LogP contribution in [0, 0.1) is 11.8 Å². The van der Waals surface area contributed by atoms with E-state index in [0.29, 0.717) is 6.42 Å². The van der Waals surface area contributed by atoms with Crippen LogP contribution in [-0.4, -0.2) is 9.78 Å². The summed E-state index contributed by atoms with van der Waals surface area (Å²) in [5.74, 6) is 11.2. The maximum Gasteiger partial charge on any atom is 0.0817 e. The number of aromatic nitrogens is 2. The molecule has 0 aliphatic heterocycles. The van der Waals surface area contributed by atoms with Gasteiger partial charge in [0, 0.05) is 19.7 Å². The first-order valence-corrected chi connectivity index (χ1v) is 4.13. The average molecular weight is 178 g/mol. The lowest BCUT2D eigenvalue weighted by molar-refractivity contribution is 0.543. The molecule has 0 saturated carbocycles. The Kier molecular flexibility index (Phi) is 3.50. The van der Waals surface area contributed by atoms with Crippen LogP contribution in [0.3, 0.4) is 0 Å². The van der Waals surface area contributed by atoms with Crippen molar-refractivity contribution in [3.8, 4) is 11.8 Å². The highest BCUT2D eigenvalue weighted by molar-refractivity contribution is 5.09. The molecule has 1 unspecified atom stereocenters. The number of nitrogens with two attached hydrogens (primary N) is 1. The van der Waals surface area contributed by atoms with E-state index in [1.54, 1.807) is 4.68 Å². The highest BCUT2D eigenvalue weighted by atomic mass is 15.3. The molecule has 0 radical (unpaired) electrons. The smallest absolute Gasteiger partial charge is 0.0817 e. The Morgan fingerprint density at radius 2 is 2.54 bits per heavy atom. The maximum absolute atomic E-state index is 5.39. The Balaban J connectivity index is 2.70. The SMILES string of the molecule is CC#CCC(NN)c1ccn(C)n1.